The number of rotatable bonds is 10. The van der Waals surface area contributed by atoms with Crippen LogP contribution in [0, 0.1) is 5.82 Å². The van der Waals surface area contributed by atoms with Crippen LogP contribution in [0.1, 0.15) is 34.7 Å². The summed E-state index contributed by atoms with van der Waals surface area (Å²) in [5.41, 5.74) is 2.79. The van der Waals surface area contributed by atoms with Gasteiger partial charge in [-0.3, -0.25) is 0 Å². The van der Waals surface area contributed by atoms with Crippen molar-refractivity contribution in [3.05, 3.63) is 126 Å². The molecule has 0 saturated heterocycles. The third kappa shape index (κ3) is 6.52. The van der Waals surface area contributed by atoms with Gasteiger partial charge in [0.15, 0.2) is 0 Å². The predicted molar refractivity (Wildman–Crippen MR) is 133 cm³/mol. The zero-order chi connectivity index (χ0) is 23.0. The van der Waals surface area contributed by atoms with Gasteiger partial charge in [-0.15, -0.1) is 12.4 Å². The van der Waals surface area contributed by atoms with E-state index >= 15 is 0 Å². The summed E-state index contributed by atoms with van der Waals surface area (Å²) in [5.74, 6) is 0.422. The van der Waals surface area contributed by atoms with E-state index in [1.807, 2.05) is 84.5 Å². The monoisotopic (exact) mass is 481 g/mol. The molecule has 34 heavy (non-hydrogen) atoms. The summed E-state index contributed by atoms with van der Waals surface area (Å²) < 4.78 is 21.9. The molecule has 4 aromatic rings. The van der Waals surface area contributed by atoms with Crippen molar-refractivity contribution in [3.63, 3.8) is 0 Å². The summed E-state index contributed by atoms with van der Waals surface area (Å²) in [4.78, 5) is 4.42. The van der Waals surface area contributed by atoms with E-state index in [-0.39, 0.29) is 43.5 Å². The van der Waals surface area contributed by atoms with Crippen molar-refractivity contribution < 1.29 is 14.2 Å². The number of aliphatic hydroxyl groups is 1. The van der Waals surface area contributed by atoms with Gasteiger partial charge in [0, 0.05) is 26.0 Å². The SMILES string of the molecule is Cl.Cn1ccnc1C(NCC(O)COC(c1ccccc1)c1ccccc1)c1cccc(F)c1. The Kier molecular flexibility index (Phi) is 9.36. The van der Waals surface area contributed by atoms with Crippen LogP contribution in [0.3, 0.4) is 0 Å². The van der Waals surface area contributed by atoms with Gasteiger partial charge in [-0.2, -0.15) is 0 Å². The third-order valence-electron chi connectivity index (χ3n) is 5.52. The number of nitrogens with zero attached hydrogens (tertiary/aromatic N) is 2. The first-order valence-electron chi connectivity index (χ1n) is 11.0. The first kappa shape index (κ1) is 25.6. The second-order valence-electron chi connectivity index (χ2n) is 7.98. The lowest BCUT2D eigenvalue weighted by atomic mass is 10.0. The minimum atomic E-state index is -0.767. The number of imidazole rings is 1. The van der Waals surface area contributed by atoms with Crippen LogP contribution in [0.15, 0.2) is 97.3 Å². The van der Waals surface area contributed by atoms with Gasteiger partial charge in [0.05, 0.1) is 18.8 Å². The topological polar surface area (TPSA) is 59.3 Å². The Labute approximate surface area is 205 Å². The summed E-state index contributed by atoms with van der Waals surface area (Å²) in [7, 11) is 1.89. The molecule has 0 amide bonds. The average Bonchev–Trinajstić information content (AvgIpc) is 3.26. The molecule has 2 atom stereocenters. The van der Waals surface area contributed by atoms with Gasteiger partial charge in [0.1, 0.15) is 17.7 Å². The van der Waals surface area contributed by atoms with Gasteiger partial charge in [-0.1, -0.05) is 72.8 Å². The van der Waals surface area contributed by atoms with Gasteiger partial charge in [-0.05, 0) is 28.8 Å². The molecule has 178 valence electrons. The van der Waals surface area contributed by atoms with Gasteiger partial charge in [0.2, 0.25) is 0 Å². The number of hydrogen-bond donors (Lipinski definition) is 2. The molecule has 1 aromatic heterocycles. The summed E-state index contributed by atoms with van der Waals surface area (Å²) in [5, 5.41) is 14.0. The maximum Gasteiger partial charge on any atom is 0.130 e. The van der Waals surface area contributed by atoms with E-state index in [0.717, 1.165) is 22.5 Å². The molecule has 3 aromatic carbocycles. The molecular formula is C27H29ClFN3O2. The van der Waals surface area contributed by atoms with Crippen molar-refractivity contribution in [2.45, 2.75) is 18.2 Å². The summed E-state index contributed by atoms with van der Waals surface area (Å²) >= 11 is 0. The summed E-state index contributed by atoms with van der Waals surface area (Å²) in [6, 6.07) is 26.0. The van der Waals surface area contributed by atoms with Crippen molar-refractivity contribution in [3.8, 4) is 0 Å². The maximum atomic E-state index is 13.9. The number of aryl methyl sites for hydroxylation is 1. The summed E-state index contributed by atoms with van der Waals surface area (Å²) in [6.45, 7) is 0.391. The number of benzene rings is 3. The lowest BCUT2D eigenvalue weighted by molar-refractivity contribution is 0.00589. The number of hydrogen-bond acceptors (Lipinski definition) is 4. The van der Waals surface area contributed by atoms with E-state index in [9.17, 15) is 9.50 Å². The minimum absolute atomic E-state index is 0. The molecule has 5 nitrogen and oxygen atoms in total. The van der Waals surface area contributed by atoms with Crippen molar-refractivity contribution in [1.29, 1.82) is 0 Å². The number of aliphatic hydroxyl groups excluding tert-OH is 1. The Morgan fingerprint density at radius 3 is 2.12 bits per heavy atom. The molecule has 0 aliphatic rings. The van der Waals surface area contributed by atoms with Crippen LogP contribution in [0.5, 0.6) is 0 Å². The zero-order valence-electron chi connectivity index (χ0n) is 18.9. The quantitative estimate of drug-likeness (QED) is 0.341. The standard InChI is InChI=1S/C27H28FN3O2.ClH/c1-31-16-15-29-27(31)25(22-13-8-14-23(28)17-22)30-18-24(32)19-33-26(20-9-4-2-5-10-20)21-11-6-3-7-12-21;/h2-17,24-26,30,32H,18-19H2,1H3;1H. The van der Waals surface area contributed by atoms with Gasteiger partial charge < -0.3 is 19.7 Å². The smallest absolute Gasteiger partial charge is 0.130 e. The maximum absolute atomic E-state index is 13.9. The van der Waals surface area contributed by atoms with Crippen LogP contribution in [0.4, 0.5) is 4.39 Å². The normalized spacial score (nSPS) is 12.8. The lowest BCUT2D eigenvalue weighted by Crippen LogP contribution is -2.35. The van der Waals surface area contributed by atoms with E-state index in [4.69, 9.17) is 4.74 Å². The first-order chi connectivity index (χ1) is 16.1. The highest BCUT2D eigenvalue weighted by atomic mass is 35.5. The van der Waals surface area contributed by atoms with E-state index in [0.29, 0.717) is 0 Å². The van der Waals surface area contributed by atoms with Crippen LogP contribution in [0.25, 0.3) is 0 Å². The van der Waals surface area contributed by atoms with Crippen LogP contribution >= 0.6 is 12.4 Å². The van der Waals surface area contributed by atoms with Gasteiger partial charge in [-0.25, -0.2) is 9.37 Å². The molecule has 4 rings (SSSR count). The highest BCUT2D eigenvalue weighted by Crippen LogP contribution is 2.26. The van der Waals surface area contributed by atoms with E-state index < -0.39 is 6.10 Å². The van der Waals surface area contributed by atoms with Crippen molar-refractivity contribution in [1.82, 2.24) is 14.9 Å². The average molecular weight is 482 g/mol. The minimum Gasteiger partial charge on any atom is -0.389 e. The van der Waals surface area contributed by atoms with Crippen molar-refractivity contribution in [2.24, 2.45) is 7.05 Å². The summed E-state index contributed by atoms with van der Waals surface area (Å²) in [6.07, 6.45) is 2.49. The molecule has 1 heterocycles. The fourth-order valence-corrected chi connectivity index (χ4v) is 3.86. The van der Waals surface area contributed by atoms with E-state index in [2.05, 4.69) is 10.3 Å². The highest BCUT2D eigenvalue weighted by Gasteiger charge is 2.21. The molecule has 0 saturated carbocycles. The Bertz CT molecular complexity index is 1100. The second kappa shape index (κ2) is 12.4. The molecule has 7 heteroatoms. The van der Waals surface area contributed by atoms with Crippen LogP contribution in [-0.2, 0) is 11.8 Å². The number of nitrogens with one attached hydrogen (secondary N) is 1. The molecule has 2 unspecified atom stereocenters. The van der Waals surface area contributed by atoms with Crippen molar-refractivity contribution >= 4 is 12.4 Å². The number of ether oxygens (including phenoxy) is 1. The highest BCUT2D eigenvalue weighted by molar-refractivity contribution is 5.85. The van der Waals surface area contributed by atoms with Gasteiger partial charge >= 0.3 is 0 Å². The van der Waals surface area contributed by atoms with Gasteiger partial charge in [0.25, 0.3) is 0 Å². The molecule has 0 aliphatic heterocycles. The lowest BCUT2D eigenvalue weighted by Gasteiger charge is -2.23. The van der Waals surface area contributed by atoms with Crippen molar-refractivity contribution in [2.75, 3.05) is 13.2 Å². The van der Waals surface area contributed by atoms with E-state index in [1.165, 1.54) is 12.1 Å². The second-order valence-corrected chi connectivity index (χ2v) is 7.98. The number of halogens is 2. The largest absolute Gasteiger partial charge is 0.389 e. The molecule has 2 N–H and O–H groups in total. The Morgan fingerprint density at radius 2 is 1.56 bits per heavy atom. The van der Waals surface area contributed by atoms with Crippen LogP contribution < -0.4 is 5.32 Å². The molecule has 0 bridgehead atoms. The molecule has 0 fully saturated rings. The Hall–Kier alpha value is -3.03. The fraction of sp³-hybridized carbons (Fsp3) is 0.222. The molecule has 0 spiro atoms. The Morgan fingerprint density at radius 1 is 0.941 bits per heavy atom. The zero-order valence-corrected chi connectivity index (χ0v) is 19.7. The fourth-order valence-electron chi connectivity index (χ4n) is 3.86. The predicted octanol–water partition coefficient (Wildman–Crippen LogP) is 4.83. The van der Waals surface area contributed by atoms with Crippen LogP contribution in [-0.4, -0.2) is 33.9 Å². The molecule has 0 aliphatic carbocycles. The third-order valence-corrected chi connectivity index (χ3v) is 5.52. The van der Waals surface area contributed by atoms with E-state index in [1.54, 1.807) is 12.3 Å². The Balaban J connectivity index is 0.00000324. The number of aromatic nitrogens is 2. The van der Waals surface area contributed by atoms with Crippen LogP contribution in [0.2, 0.25) is 0 Å². The molecule has 0 radical (unpaired) electrons. The molecular weight excluding hydrogens is 453 g/mol. The first-order valence-corrected chi connectivity index (χ1v) is 11.0.